The lowest BCUT2D eigenvalue weighted by molar-refractivity contribution is 0.557. The van der Waals surface area contributed by atoms with E-state index in [0.29, 0.717) is 47.3 Å². The molecular weight excluding hydrogens is 585 g/mol. The molecule has 0 fully saturated rings. The molecule has 14 aliphatic rings. The van der Waals surface area contributed by atoms with Gasteiger partial charge in [-0.05, 0) is 120 Å². The molecule has 0 radical (unpaired) electrons. The first kappa shape index (κ1) is 25.6. The van der Waals surface area contributed by atoms with Crippen LogP contribution in [0.5, 0.6) is 0 Å². The van der Waals surface area contributed by atoms with E-state index in [1.54, 1.807) is 0 Å². The molecule has 0 saturated heterocycles. The van der Waals surface area contributed by atoms with Crippen LogP contribution in [-0.4, -0.2) is 19.9 Å². The zero-order chi connectivity index (χ0) is 30.8. The molecule has 0 amide bonds. The summed E-state index contributed by atoms with van der Waals surface area (Å²) in [5, 5.41) is 0. The van der Waals surface area contributed by atoms with E-state index in [9.17, 15) is 0 Å². The molecule has 0 saturated carbocycles. The van der Waals surface area contributed by atoms with Gasteiger partial charge in [0.05, 0.1) is 22.8 Å². The Bertz CT molecular complexity index is 2250. The Morgan fingerprint density at radius 1 is 0.333 bits per heavy atom. The zero-order valence-electron chi connectivity index (χ0n) is 27.1. The van der Waals surface area contributed by atoms with E-state index in [-0.39, 0.29) is 0 Å². The molecule has 4 heteroatoms. The monoisotopic (exact) mass is 622 g/mol. The Balaban J connectivity index is 1.19. The standard InChI is InChI=1S/C44H38N4/c1-2-22-4-3-21(1)37-29-17-31-39-23-5-7-25(8-6-23)41(39)33(46-31)19-35-43-27-13-15-28(16-14-27)44(43)36(48-35)20-34-42-26-11-9-24(10-12-26)40(42)32(47-34)18-30(45-29)38(22)37/h1-2,5,7,9,11,13,15,17-28,45-46H,3-4,6,8,10,12,14,16H2. The quantitative estimate of drug-likeness (QED) is 0.245. The van der Waals surface area contributed by atoms with E-state index in [0.717, 1.165) is 11.4 Å². The molecule has 3 aromatic heterocycles. The molecule has 12 aliphatic carbocycles. The lowest BCUT2D eigenvalue weighted by Crippen LogP contribution is -2.19. The van der Waals surface area contributed by atoms with E-state index in [2.05, 4.69) is 82.8 Å². The van der Waals surface area contributed by atoms with Gasteiger partial charge in [0, 0.05) is 69.4 Å². The average molecular weight is 623 g/mol. The summed E-state index contributed by atoms with van der Waals surface area (Å²) in [4.78, 5) is 19.2. The predicted molar refractivity (Wildman–Crippen MR) is 193 cm³/mol. The summed E-state index contributed by atoms with van der Waals surface area (Å²) in [7, 11) is 0. The first-order chi connectivity index (χ1) is 23.7. The second-order valence-corrected chi connectivity index (χ2v) is 16.3. The van der Waals surface area contributed by atoms with Crippen molar-refractivity contribution in [3.63, 3.8) is 0 Å². The lowest BCUT2D eigenvalue weighted by atomic mass is 9.69. The summed E-state index contributed by atoms with van der Waals surface area (Å²) in [5.74, 6) is 3.74. The number of fused-ring (bicyclic) bond motifs is 12. The predicted octanol–water partition coefficient (Wildman–Crippen LogP) is 10.4. The largest absolute Gasteiger partial charge is 0.355 e. The van der Waals surface area contributed by atoms with Crippen LogP contribution in [0.2, 0.25) is 0 Å². The molecular formula is C44H38N4. The molecule has 5 heterocycles. The van der Waals surface area contributed by atoms with E-state index in [4.69, 9.17) is 9.97 Å². The summed E-state index contributed by atoms with van der Waals surface area (Å²) in [6.07, 6.45) is 29.7. The molecule has 8 atom stereocenters. The smallest absolute Gasteiger partial charge is 0.0700 e. The van der Waals surface area contributed by atoms with Crippen LogP contribution < -0.4 is 0 Å². The molecule has 17 rings (SSSR count). The highest BCUT2D eigenvalue weighted by Crippen LogP contribution is 2.56. The summed E-state index contributed by atoms with van der Waals surface area (Å²) < 4.78 is 0. The zero-order valence-corrected chi connectivity index (χ0v) is 27.1. The Kier molecular flexibility index (Phi) is 4.67. The van der Waals surface area contributed by atoms with E-state index in [1.165, 1.54) is 129 Å². The minimum absolute atomic E-state index is 0.452. The molecule has 2 aliphatic heterocycles. The average Bonchev–Trinajstić information content (AvgIpc) is 3.92. The summed E-state index contributed by atoms with van der Waals surface area (Å²) in [6, 6.07) is 9.78. The molecule has 2 N–H and O–H groups in total. The van der Waals surface area contributed by atoms with Crippen molar-refractivity contribution < 1.29 is 0 Å². The van der Waals surface area contributed by atoms with Gasteiger partial charge in [-0.1, -0.05) is 48.6 Å². The number of nitrogens with one attached hydrogen (secondary N) is 2. The second kappa shape index (κ2) is 8.77. The highest BCUT2D eigenvalue weighted by molar-refractivity contribution is 6.01. The first-order valence-electron chi connectivity index (χ1n) is 18.8. The van der Waals surface area contributed by atoms with Crippen molar-refractivity contribution in [3.05, 3.63) is 118 Å². The van der Waals surface area contributed by atoms with Crippen molar-refractivity contribution in [2.24, 2.45) is 23.7 Å². The van der Waals surface area contributed by atoms with Crippen LogP contribution in [0.25, 0.3) is 44.4 Å². The highest BCUT2D eigenvalue weighted by Gasteiger charge is 2.41. The van der Waals surface area contributed by atoms with Crippen LogP contribution >= 0.6 is 0 Å². The number of rotatable bonds is 0. The van der Waals surface area contributed by atoms with Gasteiger partial charge in [-0.25, -0.2) is 9.97 Å². The number of hydrogen-bond donors (Lipinski definition) is 2. The molecule has 0 aromatic carbocycles. The van der Waals surface area contributed by atoms with Crippen LogP contribution in [-0.2, 0) is 0 Å². The van der Waals surface area contributed by atoms with E-state index < -0.39 is 0 Å². The van der Waals surface area contributed by atoms with Gasteiger partial charge in [-0.3, -0.25) is 0 Å². The number of aromatic nitrogens is 4. The normalized spacial score (nSPS) is 33.5. The molecule has 4 nitrogen and oxygen atoms in total. The van der Waals surface area contributed by atoms with E-state index >= 15 is 0 Å². The van der Waals surface area contributed by atoms with Gasteiger partial charge in [0.25, 0.3) is 0 Å². The van der Waals surface area contributed by atoms with Gasteiger partial charge < -0.3 is 9.97 Å². The summed E-state index contributed by atoms with van der Waals surface area (Å²) >= 11 is 0. The number of aromatic amines is 2. The van der Waals surface area contributed by atoms with Crippen LogP contribution in [0.1, 0.15) is 120 Å². The molecule has 0 spiro atoms. The molecule has 48 heavy (non-hydrogen) atoms. The summed E-state index contributed by atoms with van der Waals surface area (Å²) in [6.45, 7) is 0. The third-order valence-corrected chi connectivity index (χ3v) is 14.0. The van der Waals surface area contributed by atoms with Crippen molar-refractivity contribution in [1.82, 2.24) is 19.9 Å². The molecule has 8 unspecified atom stereocenters. The van der Waals surface area contributed by atoms with Crippen molar-refractivity contribution in [1.29, 1.82) is 0 Å². The first-order valence-corrected chi connectivity index (χ1v) is 18.8. The number of allylic oxidation sites excluding steroid dienone is 12. The van der Waals surface area contributed by atoms with Gasteiger partial charge in [-0.15, -0.1) is 0 Å². The van der Waals surface area contributed by atoms with Crippen molar-refractivity contribution in [2.45, 2.75) is 75.0 Å². The minimum Gasteiger partial charge on any atom is -0.355 e. The fourth-order valence-corrected chi connectivity index (χ4v) is 12.0. The minimum atomic E-state index is 0.452. The lowest BCUT2D eigenvalue weighted by Gasteiger charge is -2.33. The SMILES string of the molecule is C1=CC2CCC1C1=C2c2cc3[nH]c(cc4[nH]c(cc5nc(cc1n2)C1=C5C2C=CC1CC2)c1c4C2C=CC1CC2)c1c3C2C=CC1CC2. The maximum atomic E-state index is 5.57. The van der Waals surface area contributed by atoms with Crippen LogP contribution in [0.3, 0.4) is 0 Å². The van der Waals surface area contributed by atoms with E-state index in [1.807, 2.05) is 0 Å². The number of hydrogen-bond acceptors (Lipinski definition) is 2. The van der Waals surface area contributed by atoms with Crippen LogP contribution in [0.15, 0.2) is 72.9 Å². The molecule has 16 bridgehead atoms. The maximum Gasteiger partial charge on any atom is 0.0700 e. The molecule has 3 aromatic rings. The Hall–Kier alpha value is -4.44. The third kappa shape index (κ3) is 3.14. The maximum absolute atomic E-state index is 5.57. The van der Waals surface area contributed by atoms with Crippen molar-refractivity contribution in [3.8, 4) is 0 Å². The Labute approximate surface area is 280 Å². The van der Waals surface area contributed by atoms with Crippen molar-refractivity contribution in [2.75, 3.05) is 0 Å². The van der Waals surface area contributed by atoms with Crippen LogP contribution in [0.4, 0.5) is 0 Å². The van der Waals surface area contributed by atoms with Crippen LogP contribution in [0, 0.1) is 23.7 Å². The third-order valence-electron chi connectivity index (χ3n) is 14.0. The fourth-order valence-electron chi connectivity index (χ4n) is 12.0. The number of nitrogens with zero attached hydrogens (tertiary/aromatic N) is 2. The van der Waals surface area contributed by atoms with Gasteiger partial charge in [0.15, 0.2) is 0 Å². The highest BCUT2D eigenvalue weighted by atomic mass is 14.8. The Morgan fingerprint density at radius 3 is 0.917 bits per heavy atom. The second-order valence-electron chi connectivity index (χ2n) is 16.3. The fraction of sp³-hybridized carbons (Fsp3) is 0.364. The van der Waals surface area contributed by atoms with Crippen molar-refractivity contribution >= 4 is 44.4 Å². The molecule has 234 valence electrons. The Morgan fingerprint density at radius 2 is 0.604 bits per heavy atom. The van der Waals surface area contributed by atoms with Gasteiger partial charge in [-0.2, -0.15) is 0 Å². The summed E-state index contributed by atoms with van der Waals surface area (Å²) in [5.41, 5.74) is 21.9. The topological polar surface area (TPSA) is 57.4 Å². The van der Waals surface area contributed by atoms with Gasteiger partial charge in [0.2, 0.25) is 0 Å². The number of H-pyrrole nitrogens is 2. The van der Waals surface area contributed by atoms with Gasteiger partial charge in [0.1, 0.15) is 0 Å². The van der Waals surface area contributed by atoms with Gasteiger partial charge >= 0.3 is 0 Å².